The lowest BCUT2D eigenvalue weighted by Crippen LogP contribution is -2.14. The Kier molecular flexibility index (Phi) is 13.1. The van der Waals surface area contributed by atoms with Crippen LogP contribution in [0.25, 0.3) is 113 Å². The number of rotatable bonds is 12. The summed E-state index contributed by atoms with van der Waals surface area (Å²) in [7, 11) is 0. The molecular formula is C84H54N4S8. The number of fused-ring (bicyclic) bond motifs is 8. The van der Waals surface area contributed by atoms with Crippen LogP contribution in [0.5, 0.6) is 0 Å². The molecule has 20 rings (SSSR count). The smallest absolute Gasteiger partial charge is 0.105 e. The van der Waals surface area contributed by atoms with Crippen LogP contribution in [-0.4, -0.2) is 0 Å². The maximum atomic E-state index is 2.65. The summed E-state index contributed by atoms with van der Waals surface area (Å²) in [6.45, 7) is 9.35. The molecule has 0 saturated heterocycles. The van der Waals surface area contributed by atoms with Gasteiger partial charge in [0.05, 0.1) is 22.7 Å². The number of hydrogen-bond donors (Lipinski definition) is 0. The van der Waals surface area contributed by atoms with E-state index < -0.39 is 0 Å². The number of nitrogens with zero attached hydrogens (tertiary/aromatic N) is 4. The molecule has 12 heteroatoms. The molecule has 0 amide bonds. The Morgan fingerprint density at radius 3 is 0.625 bits per heavy atom. The maximum Gasteiger partial charge on any atom is 0.105 e. The average molecular weight is 1380 g/mol. The normalized spacial score (nSPS) is 12.2. The first-order valence-corrected chi connectivity index (χ1v) is 38.6. The zero-order valence-corrected chi connectivity index (χ0v) is 58.8. The molecule has 0 radical (unpaired) electrons. The summed E-state index contributed by atoms with van der Waals surface area (Å²) in [5, 5.41) is 26.8. The Hall–Kier alpha value is -9.44. The fourth-order valence-corrected chi connectivity index (χ4v) is 24.3. The molecule has 0 aliphatic carbocycles. The van der Waals surface area contributed by atoms with Gasteiger partial charge in [-0.25, -0.2) is 0 Å². The molecule has 0 unspecified atom stereocenters. The van der Waals surface area contributed by atoms with E-state index in [-0.39, 0.29) is 0 Å². The first-order chi connectivity index (χ1) is 47.2. The van der Waals surface area contributed by atoms with E-state index in [1.54, 1.807) is 0 Å². The fraction of sp³-hybridized carbons (Fsp3) is 0.0476. The van der Waals surface area contributed by atoms with Crippen molar-refractivity contribution in [2.45, 2.75) is 27.7 Å². The van der Waals surface area contributed by atoms with Gasteiger partial charge in [0, 0.05) is 69.9 Å². The van der Waals surface area contributed by atoms with E-state index in [2.05, 4.69) is 302 Å². The van der Waals surface area contributed by atoms with Crippen LogP contribution >= 0.6 is 90.7 Å². The zero-order chi connectivity index (χ0) is 63.6. The summed E-state index contributed by atoms with van der Waals surface area (Å²) in [5.41, 5.74) is 9.59. The molecule has 96 heavy (non-hydrogen) atoms. The number of aryl methyl sites for hydroxylation is 4. The molecule has 20 aromatic rings. The molecule has 0 aliphatic rings. The number of benzene rings is 12. The Labute approximate surface area is 585 Å². The molecule has 8 aromatic heterocycles. The molecule has 0 fully saturated rings. The molecule has 0 aliphatic heterocycles. The first-order valence-electron chi connectivity index (χ1n) is 32.1. The Bertz CT molecular complexity index is 5630. The van der Waals surface area contributed by atoms with Gasteiger partial charge >= 0.3 is 0 Å². The molecule has 0 saturated carbocycles. The summed E-state index contributed by atoms with van der Waals surface area (Å²) in [4.78, 5) is 10.6. The fourth-order valence-electron chi connectivity index (χ4n) is 14.8. The van der Waals surface area contributed by atoms with E-state index in [9.17, 15) is 0 Å². The Morgan fingerprint density at radius 2 is 0.406 bits per heavy atom. The van der Waals surface area contributed by atoms with Crippen LogP contribution in [-0.2, 0) is 0 Å². The molecule has 8 heterocycles. The van der Waals surface area contributed by atoms with Gasteiger partial charge < -0.3 is 0 Å². The molecule has 0 spiro atoms. The molecular weight excluding hydrogens is 1320 g/mol. The van der Waals surface area contributed by atoms with Crippen LogP contribution < -0.4 is 19.6 Å². The third-order valence-electron chi connectivity index (χ3n) is 19.4. The third kappa shape index (κ3) is 8.70. The molecule has 0 atom stereocenters. The highest BCUT2D eigenvalue weighted by molar-refractivity contribution is 7.27. The van der Waals surface area contributed by atoms with E-state index in [1.165, 1.54) is 175 Å². The van der Waals surface area contributed by atoms with E-state index in [0.717, 1.165) is 22.7 Å². The second-order valence-electron chi connectivity index (χ2n) is 24.8. The Balaban J connectivity index is 0.994. The summed E-state index contributed by atoms with van der Waals surface area (Å²) < 4.78 is 10.1. The van der Waals surface area contributed by atoms with Gasteiger partial charge in [-0.3, -0.25) is 19.6 Å². The summed E-state index contributed by atoms with van der Waals surface area (Å²) in [5.74, 6) is 0. The second-order valence-corrected chi connectivity index (χ2v) is 33.2. The van der Waals surface area contributed by atoms with Crippen LogP contribution in [0.4, 0.5) is 62.8 Å². The summed E-state index contributed by atoms with van der Waals surface area (Å²) in [6.07, 6.45) is 0. The quantitative estimate of drug-likeness (QED) is 0.113. The van der Waals surface area contributed by atoms with Gasteiger partial charge in [-0.15, -0.1) is 90.7 Å². The van der Waals surface area contributed by atoms with Gasteiger partial charge in [0.2, 0.25) is 0 Å². The van der Waals surface area contributed by atoms with Crippen molar-refractivity contribution in [3.05, 3.63) is 277 Å². The predicted molar refractivity (Wildman–Crippen MR) is 431 cm³/mol. The van der Waals surface area contributed by atoms with Crippen LogP contribution in [0.1, 0.15) is 22.3 Å². The van der Waals surface area contributed by atoms with Gasteiger partial charge in [0.25, 0.3) is 0 Å². The number of anilines is 12. The van der Waals surface area contributed by atoms with Crippen molar-refractivity contribution in [1.29, 1.82) is 0 Å². The second kappa shape index (κ2) is 22.1. The highest BCUT2D eigenvalue weighted by atomic mass is 32.1. The van der Waals surface area contributed by atoms with Crippen LogP contribution in [0.2, 0.25) is 0 Å². The SMILES string of the molecule is Cc1c(N(c2cc3ccccc3s2)c2cc(N(c3cc4ccccc4s3)c3sc4ccccc4c3C)c3ccc4c(N(c5cc6ccccc6s5)c5sc6ccccc6c5C)cc(N(c5cc6ccccc6s5)c5sc6ccccc6c5C)c5ccc2c3c54)sc2ccccc12. The van der Waals surface area contributed by atoms with Gasteiger partial charge in [-0.2, -0.15) is 0 Å². The van der Waals surface area contributed by atoms with E-state index in [0.29, 0.717) is 0 Å². The average Bonchev–Trinajstić information content (AvgIpc) is 0.743. The van der Waals surface area contributed by atoms with Crippen molar-refractivity contribution in [2.24, 2.45) is 0 Å². The number of thiophene rings is 8. The molecule has 12 aromatic carbocycles. The van der Waals surface area contributed by atoms with Crippen molar-refractivity contribution < 1.29 is 0 Å². The number of hydrogen-bond acceptors (Lipinski definition) is 12. The highest BCUT2D eigenvalue weighted by Gasteiger charge is 2.34. The molecule has 458 valence electrons. The van der Waals surface area contributed by atoms with Crippen molar-refractivity contribution >= 4 is 266 Å². The lowest BCUT2D eigenvalue weighted by atomic mass is 9.89. The highest BCUT2D eigenvalue weighted by Crippen LogP contribution is 2.61. The minimum Gasteiger partial charge on any atom is -0.292 e. The lowest BCUT2D eigenvalue weighted by molar-refractivity contribution is 1.31. The van der Waals surface area contributed by atoms with Gasteiger partial charge in [-0.05, 0) is 178 Å². The van der Waals surface area contributed by atoms with Crippen molar-refractivity contribution in [3.63, 3.8) is 0 Å². The molecule has 0 N–H and O–H groups in total. The van der Waals surface area contributed by atoms with Crippen LogP contribution in [0.15, 0.2) is 255 Å². The van der Waals surface area contributed by atoms with Gasteiger partial charge in [-0.1, -0.05) is 170 Å². The topological polar surface area (TPSA) is 13.0 Å². The van der Waals surface area contributed by atoms with Crippen molar-refractivity contribution in [1.82, 2.24) is 0 Å². The Morgan fingerprint density at radius 1 is 0.198 bits per heavy atom. The zero-order valence-electron chi connectivity index (χ0n) is 52.3. The van der Waals surface area contributed by atoms with Crippen LogP contribution in [0, 0.1) is 27.7 Å². The van der Waals surface area contributed by atoms with E-state index >= 15 is 0 Å². The van der Waals surface area contributed by atoms with Crippen LogP contribution in [0.3, 0.4) is 0 Å². The van der Waals surface area contributed by atoms with Gasteiger partial charge in [0.1, 0.15) is 40.0 Å². The van der Waals surface area contributed by atoms with E-state index in [4.69, 9.17) is 0 Å². The third-order valence-corrected chi connectivity index (χ3v) is 28.8. The van der Waals surface area contributed by atoms with Gasteiger partial charge in [0.15, 0.2) is 0 Å². The largest absolute Gasteiger partial charge is 0.292 e. The lowest BCUT2D eigenvalue weighted by Gasteiger charge is -2.33. The maximum absolute atomic E-state index is 2.65. The first kappa shape index (κ1) is 56.9. The molecule has 0 bridgehead atoms. The standard InChI is InChI=1S/C84H54N4S8/c1-47-55-25-9-17-33-71(55)93-81(47)85(75-41-51-21-5-13-29-67(51)89-75)63-45-64(86(76-42-52-22-6-14-30-68(52)90-76)82-48(2)56-26-10-18-34-72(56)94-82)60-39-40-62-66(88(78-44-54-24-8-16-32-70(54)92-78)84-50(4)58-28-12-20-36-74(58)96-84)46-65(61-38-37-59(63)79(60)80(61)62)87(77-43-53-23-7-15-31-69(53)91-77)83-49(3)57-27-11-19-35-73(57)95-83/h5-46H,1-4H3. The van der Waals surface area contributed by atoms with Crippen molar-refractivity contribution in [2.75, 3.05) is 19.6 Å². The summed E-state index contributed by atoms with van der Waals surface area (Å²) >= 11 is 15.1. The van der Waals surface area contributed by atoms with Crippen molar-refractivity contribution in [3.8, 4) is 0 Å². The minimum absolute atomic E-state index is 1.13. The monoisotopic (exact) mass is 1370 g/mol. The predicted octanol–water partition coefficient (Wildman–Crippen LogP) is 29.4. The minimum atomic E-state index is 1.13. The summed E-state index contributed by atoms with van der Waals surface area (Å²) in [6, 6.07) is 96.5. The molecule has 4 nitrogen and oxygen atoms in total. The van der Waals surface area contributed by atoms with E-state index in [1.807, 2.05) is 90.7 Å².